The van der Waals surface area contributed by atoms with Crippen LogP contribution in [0.25, 0.3) is 0 Å². The first-order chi connectivity index (χ1) is 13.4. The molecule has 28 heavy (non-hydrogen) atoms. The molecule has 1 amide bonds. The van der Waals surface area contributed by atoms with Crippen LogP contribution < -0.4 is 21.3 Å². The van der Waals surface area contributed by atoms with E-state index < -0.39 is 36.1 Å². The van der Waals surface area contributed by atoms with Crippen LogP contribution in [-0.4, -0.2) is 67.5 Å². The van der Waals surface area contributed by atoms with Gasteiger partial charge in [0.25, 0.3) is 0 Å². The van der Waals surface area contributed by atoms with Gasteiger partial charge < -0.3 is 16.0 Å². The summed E-state index contributed by atoms with van der Waals surface area (Å²) in [7, 11) is 1.63. The van der Waals surface area contributed by atoms with E-state index in [1.165, 1.54) is 6.20 Å². The normalized spacial score (nSPS) is 25.4. The van der Waals surface area contributed by atoms with Crippen molar-refractivity contribution in [3.8, 4) is 0 Å². The molecular weight excluding hydrogens is 372 g/mol. The van der Waals surface area contributed by atoms with Crippen molar-refractivity contribution in [1.82, 2.24) is 15.2 Å². The first kappa shape index (κ1) is 20.5. The Labute approximate surface area is 161 Å². The molecule has 11 heteroatoms. The Morgan fingerprint density at radius 3 is 2.79 bits per heavy atom. The van der Waals surface area contributed by atoms with E-state index in [1.807, 2.05) is 4.90 Å². The Bertz CT molecular complexity index is 717. The van der Waals surface area contributed by atoms with E-state index in [0.717, 1.165) is 19.0 Å². The van der Waals surface area contributed by atoms with Crippen molar-refractivity contribution in [2.45, 2.75) is 31.3 Å². The van der Waals surface area contributed by atoms with Crippen molar-refractivity contribution in [2.24, 2.45) is 16.8 Å². The number of amides is 1. The summed E-state index contributed by atoms with van der Waals surface area (Å²) in [5.74, 6) is -2.24. The molecule has 3 rings (SSSR count). The fourth-order valence-electron chi connectivity index (χ4n) is 3.84. The minimum absolute atomic E-state index is 0.0327. The van der Waals surface area contributed by atoms with Crippen LogP contribution in [0.4, 0.5) is 20.2 Å². The van der Waals surface area contributed by atoms with Gasteiger partial charge in [-0.3, -0.25) is 20.0 Å². The molecule has 2 aliphatic rings. The number of anilines is 2. The zero-order valence-corrected chi connectivity index (χ0v) is 15.6. The third-order valence-corrected chi connectivity index (χ3v) is 5.20. The van der Waals surface area contributed by atoms with E-state index in [0.29, 0.717) is 13.1 Å². The van der Waals surface area contributed by atoms with Crippen LogP contribution in [0.1, 0.15) is 12.8 Å². The number of nitroso groups, excluding NO2 is 1. The van der Waals surface area contributed by atoms with Crippen LogP contribution in [0.5, 0.6) is 0 Å². The second-order valence-corrected chi connectivity index (χ2v) is 7.21. The van der Waals surface area contributed by atoms with E-state index in [9.17, 15) is 18.5 Å². The van der Waals surface area contributed by atoms with Gasteiger partial charge in [0, 0.05) is 26.2 Å². The number of nitrogens with one attached hydrogen (secondary N) is 2. The lowest BCUT2D eigenvalue weighted by Crippen LogP contribution is -2.62. The summed E-state index contributed by atoms with van der Waals surface area (Å²) in [5.41, 5.74) is 6.26. The van der Waals surface area contributed by atoms with Crippen LogP contribution in [0.3, 0.4) is 0 Å². The molecule has 1 aromatic heterocycles. The van der Waals surface area contributed by atoms with E-state index in [1.54, 1.807) is 11.9 Å². The fourth-order valence-corrected chi connectivity index (χ4v) is 3.84. The van der Waals surface area contributed by atoms with E-state index in [4.69, 9.17) is 5.73 Å². The molecule has 3 heterocycles. The maximum absolute atomic E-state index is 14.4. The third-order valence-electron chi connectivity index (χ3n) is 5.20. The molecule has 0 radical (unpaired) electrons. The molecule has 4 unspecified atom stereocenters. The highest BCUT2D eigenvalue weighted by atomic mass is 19.1. The van der Waals surface area contributed by atoms with Crippen LogP contribution in [0, 0.1) is 16.6 Å². The number of nitrogens with two attached hydrogens (primary N) is 1. The highest BCUT2D eigenvalue weighted by molar-refractivity contribution is 5.96. The standard InChI is InChI=1S/C17H25F2N7O2/c1-25-9-10(18)6-22-16(25)13(15(20)24-28)17(27)23-12-8-21-7-11(19)14(12)26-4-2-3-5-26/h7-8,10,13,15-16,22H,2-6,9,20H2,1H3,(H,23,27). The van der Waals surface area contributed by atoms with E-state index in [2.05, 4.69) is 20.8 Å². The van der Waals surface area contributed by atoms with Crippen molar-refractivity contribution in [3.63, 3.8) is 0 Å². The number of aromatic nitrogens is 1. The maximum atomic E-state index is 14.4. The van der Waals surface area contributed by atoms with Gasteiger partial charge in [0.15, 0.2) is 12.0 Å². The topological polar surface area (TPSA) is 116 Å². The van der Waals surface area contributed by atoms with Crippen molar-refractivity contribution in [1.29, 1.82) is 0 Å². The smallest absolute Gasteiger partial charge is 0.234 e. The summed E-state index contributed by atoms with van der Waals surface area (Å²) in [4.78, 5) is 31.3. The number of carbonyl (C=O) groups is 1. The minimum atomic E-state index is -1.35. The monoisotopic (exact) mass is 397 g/mol. The van der Waals surface area contributed by atoms with E-state index in [-0.39, 0.29) is 24.5 Å². The third kappa shape index (κ3) is 4.26. The van der Waals surface area contributed by atoms with Gasteiger partial charge in [0.2, 0.25) is 5.91 Å². The molecule has 2 saturated heterocycles. The summed E-state index contributed by atoms with van der Waals surface area (Å²) >= 11 is 0. The summed E-state index contributed by atoms with van der Waals surface area (Å²) in [5, 5.41) is 8.35. The minimum Gasteiger partial charge on any atom is -0.367 e. The Morgan fingerprint density at radius 2 is 2.14 bits per heavy atom. The molecule has 0 aromatic carbocycles. The molecule has 0 aliphatic carbocycles. The Hall–Kier alpha value is -2.24. The molecule has 4 N–H and O–H groups in total. The fraction of sp³-hybridized carbons (Fsp3) is 0.647. The van der Waals surface area contributed by atoms with Crippen molar-refractivity contribution >= 4 is 17.3 Å². The SMILES string of the molecule is CN1CC(F)CNC1C(C(=O)Nc1cncc(F)c1N1CCCC1)C(N)N=O. The second kappa shape index (κ2) is 8.84. The number of halogens is 2. The molecule has 1 aromatic rings. The van der Waals surface area contributed by atoms with Crippen molar-refractivity contribution in [3.05, 3.63) is 23.1 Å². The van der Waals surface area contributed by atoms with Crippen molar-refractivity contribution in [2.75, 3.05) is 43.4 Å². The van der Waals surface area contributed by atoms with Gasteiger partial charge >= 0.3 is 0 Å². The molecule has 154 valence electrons. The van der Waals surface area contributed by atoms with Gasteiger partial charge in [0.05, 0.1) is 24.2 Å². The number of nitrogens with zero attached hydrogens (tertiary/aromatic N) is 4. The highest BCUT2D eigenvalue weighted by Crippen LogP contribution is 2.31. The lowest BCUT2D eigenvalue weighted by atomic mass is 9.98. The average Bonchev–Trinajstić information content (AvgIpc) is 3.17. The van der Waals surface area contributed by atoms with Crippen LogP contribution >= 0.6 is 0 Å². The number of carbonyl (C=O) groups excluding carboxylic acids is 1. The predicted molar refractivity (Wildman–Crippen MR) is 101 cm³/mol. The van der Waals surface area contributed by atoms with Gasteiger partial charge in [-0.2, -0.15) is 0 Å². The molecule has 0 bridgehead atoms. The molecule has 9 nitrogen and oxygen atoms in total. The summed E-state index contributed by atoms with van der Waals surface area (Å²) in [6, 6.07) is 0. The Balaban J connectivity index is 1.85. The first-order valence-electron chi connectivity index (χ1n) is 9.27. The quantitative estimate of drug-likeness (QED) is 0.603. The molecular formula is C17H25F2N7O2. The predicted octanol–water partition coefficient (Wildman–Crippen LogP) is 0.626. The zero-order chi connectivity index (χ0) is 20.3. The molecule has 4 atom stereocenters. The largest absolute Gasteiger partial charge is 0.367 e. The van der Waals surface area contributed by atoms with Gasteiger partial charge in [-0.15, -0.1) is 4.91 Å². The zero-order valence-electron chi connectivity index (χ0n) is 15.6. The van der Waals surface area contributed by atoms with E-state index >= 15 is 0 Å². The van der Waals surface area contributed by atoms with Crippen molar-refractivity contribution < 1.29 is 13.6 Å². The molecule has 2 fully saturated rings. The lowest BCUT2D eigenvalue weighted by Gasteiger charge is -2.40. The average molecular weight is 397 g/mol. The lowest BCUT2D eigenvalue weighted by molar-refractivity contribution is -0.124. The number of hydrogen-bond acceptors (Lipinski definition) is 8. The van der Waals surface area contributed by atoms with Crippen LogP contribution in [-0.2, 0) is 4.79 Å². The summed E-state index contributed by atoms with van der Waals surface area (Å²) in [6.45, 7) is 1.47. The van der Waals surface area contributed by atoms with Crippen LogP contribution in [0.2, 0.25) is 0 Å². The summed E-state index contributed by atoms with van der Waals surface area (Å²) < 4.78 is 28.0. The molecule has 0 spiro atoms. The second-order valence-electron chi connectivity index (χ2n) is 7.21. The molecule has 0 saturated carbocycles. The maximum Gasteiger partial charge on any atom is 0.234 e. The van der Waals surface area contributed by atoms with Gasteiger partial charge in [0.1, 0.15) is 17.8 Å². The number of rotatable bonds is 6. The van der Waals surface area contributed by atoms with Gasteiger partial charge in [-0.25, -0.2) is 8.78 Å². The van der Waals surface area contributed by atoms with Gasteiger partial charge in [-0.1, -0.05) is 5.18 Å². The summed E-state index contributed by atoms with van der Waals surface area (Å²) in [6.07, 6.45) is 1.18. The Kier molecular flexibility index (Phi) is 6.47. The highest BCUT2D eigenvalue weighted by Gasteiger charge is 2.40. The van der Waals surface area contributed by atoms with Crippen LogP contribution in [0.15, 0.2) is 17.6 Å². The number of pyridine rings is 1. The first-order valence-corrected chi connectivity index (χ1v) is 9.27. The van der Waals surface area contributed by atoms with Gasteiger partial charge in [-0.05, 0) is 19.9 Å². The number of hydrogen-bond donors (Lipinski definition) is 3. The Morgan fingerprint density at radius 1 is 1.43 bits per heavy atom. The number of alkyl halides is 1. The molecule has 2 aliphatic heterocycles.